The number of nitriles is 2. The van der Waals surface area contributed by atoms with E-state index >= 15 is 0 Å². The lowest BCUT2D eigenvalue weighted by Crippen LogP contribution is -2.16. The van der Waals surface area contributed by atoms with E-state index in [9.17, 15) is 0 Å². The summed E-state index contributed by atoms with van der Waals surface area (Å²) < 4.78 is 0.946. The highest BCUT2D eigenvalue weighted by atomic mass is 79.9. The fourth-order valence-electron chi connectivity index (χ4n) is 1.48. The maximum atomic E-state index is 8.70. The molecule has 0 amide bonds. The van der Waals surface area contributed by atoms with Crippen LogP contribution in [-0.2, 0) is 0 Å². The van der Waals surface area contributed by atoms with Gasteiger partial charge in [-0.25, -0.2) is 0 Å². The zero-order valence-electron chi connectivity index (χ0n) is 18.0. The van der Waals surface area contributed by atoms with E-state index in [0.717, 1.165) is 10.0 Å². The number of hydrogen-bond acceptors (Lipinski definition) is 2. The maximum absolute atomic E-state index is 8.70. The van der Waals surface area contributed by atoms with Gasteiger partial charge in [-0.3, -0.25) is 0 Å². The van der Waals surface area contributed by atoms with E-state index in [0.29, 0.717) is 11.1 Å². The summed E-state index contributed by atoms with van der Waals surface area (Å²) in [5.41, 5.74) is 8.31. The highest BCUT2D eigenvalue weighted by molar-refractivity contribution is 9.10. The number of rotatable bonds is 0. The molecule has 0 heterocycles. The van der Waals surface area contributed by atoms with E-state index in [1.807, 2.05) is 36.4 Å². The largest absolute Gasteiger partial charge is 0.192 e. The molecule has 5 heteroatoms. The van der Waals surface area contributed by atoms with Crippen LogP contribution < -0.4 is 0 Å². The number of hydrogen-bond donors (Lipinski definition) is 0. The van der Waals surface area contributed by atoms with E-state index < -0.39 is 16.1 Å². The maximum Gasteiger partial charge on any atom is 0.129 e. The molecule has 0 atom stereocenters. The molecule has 2 aromatic carbocycles. The Morgan fingerprint density at radius 3 is 1.59 bits per heavy atom. The SMILES string of the molecule is C#C[Si](C)(C)C.C[Si](C)(C)C#Cc1cccc(C#N)c1.N#Cc1cccc(Br)c1. The van der Waals surface area contributed by atoms with Crippen LogP contribution in [-0.4, -0.2) is 16.1 Å². The minimum atomic E-state index is -1.31. The van der Waals surface area contributed by atoms with E-state index in [1.165, 1.54) is 0 Å². The Hall–Kier alpha value is -2.55. The first-order valence-electron chi connectivity index (χ1n) is 9.07. The monoisotopic (exact) mass is 478 g/mol. The van der Waals surface area contributed by atoms with Crippen LogP contribution in [0, 0.1) is 46.1 Å². The Bertz CT molecular complexity index is 983. The van der Waals surface area contributed by atoms with Crippen molar-refractivity contribution in [2.24, 2.45) is 0 Å². The lowest BCUT2D eigenvalue weighted by Gasteiger charge is -2.03. The van der Waals surface area contributed by atoms with Crippen molar-refractivity contribution < 1.29 is 0 Å². The van der Waals surface area contributed by atoms with E-state index in [2.05, 4.69) is 78.3 Å². The molecule has 0 saturated carbocycles. The highest BCUT2D eigenvalue weighted by Crippen LogP contribution is 2.10. The first-order chi connectivity index (χ1) is 13.4. The number of benzene rings is 2. The van der Waals surface area contributed by atoms with Crippen LogP contribution in [0.5, 0.6) is 0 Å². The molecule has 2 rings (SSSR count). The van der Waals surface area contributed by atoms with Crippen LogP contribution >= 0.6 is 15.9 Å². The molecule has 0 spiro atoms. The Morgan fingerprint density at radius 2 is 1.21 bits per heavy atom. The molecule has 0 aliphatic rings. The number of terminal acetylenes is 1. The predicted octanol–water partition coefficient (Wildman–Crippen LogP) is 6.60. The average Bonchev–Trinajstić information content (AvgIpc) is 2.66. The Kier molecular flexibility index (Phi) is 11.7. The molecule has 2 nitrogen and oxygen atoms in total. The minimum Gasteiger partial charge on any atom is -0.192 e. The Balaban J connectivity index is 0.000000448. The summed E-state index contributed by atoms with van der Waals surface area (Å²) >= 11 is 3.25. The van der Waals surface area contributed by atoms with Crippen LogP contribution in [0.25, 0.3) is 0 Å². The van der Waals surface area contributed by atoms with Gasteiger partial charge in [0.15, 0.2) is 0 Å². The third-order valence-electron chi connectivity index (χ3n) is 2.96. The van der Waals surface area contributed by atoms with Crippen molar-refractivity contribution in [3.63, 3.8) is 0 Å². The van der Waals surface area contributed by atoms with Gasteiger partial charge >= 0.3 is 0 Å². The van der Waals surface area contributed by atoms with Gasteiger partial charge in [0.1, 0.15) is 16.1 Å². The zero-order chi connectivity index (χ0) is 22.5. The molecule has 0 saturated heterocycles. The normalized spacial score (nSPS) is 9.52. The first-order valence-corrected chi connectivity index (χ1v) is 16.9. The molecule has 0 fully saturated rings. The Morgan fingerprint density at radius 1 is 0.759 bits per heavy atom. The second kappa shape index (κ2) is 12.8. The standard InChI is InChI=1S/C12H13NSi.C7H4BrN.C5H10Si/c1-14(2,3)8-7-11-5-4-6-12(9-11)10-13;8-7-3-1-2-6(4-7)5-9;1-5-6(2,3)4/h4-6,9H,1-3H3;1-4H;1H,2-4H3. The van der Waals surface area contributed by atoms with Crippen LogP contribution in [0.4, 0.5) is 0 Å². The molecule has 0 aromatic heterocycles. The van der Waals surface area contributed by atoms with Gasteiger partial charge in [-0.2, -0.15) is 10.5 Å². The topological polar surface area (TPSA) is 47.6 Å². The van der Waals surface area contributed by atoms with Crippen molar-refractivity contribution in [2.45, 2.75) is 39.3 Å². The van der Waals surface area contributed by atoms with E-state index in [-0.39, 0.29) is 0 Å². The quantitative estimate of drug-likeness (QED) is 0.316. The first kappa shape index (κ1) is 26.5. The van der Waals surface area contributed by atoms with Crippen molar-refractivity contribution in [1.82, 2.24) is 0 Å². The molecule has 0 aliphatic carbocycles. The van der Waals surface area contributed by atoms with Gasteiger partial charge in [0.25, 0.3) is 0 Å². The van der Waals surface area contributed by atoms with Gasteiger partial charge in [0, 0.05) is 10.0 Å². The van der Waals surface area contributed by atoms with E-state index in [4.69, 9.17) is 16.9 Å². The van der Waals surface area contributed by atoms with Crippen LogP contribution in [0.3, 0.4) is 0 Å². The third-order valence-corrected chi connectivity index (χ3v) is 5.19. The van der Waals surface area contributed by atoms with Gasteiger partial charge in [0.05, 0.1) is 23.3 Å². The second-order valence-corrected chi connectivity index (χ2v) is 18.7. The summed E-state index contributed by atoms with van der Waals surface area (Å²) in [7, 11) is -2.41. The molecular formula is C24H27BrN2Si2. The van der Waals surface area contributed by atoms with E-state index in [1.54, 1.807) is 18.2 Å². The molecule has 0 aliphatic heterocycles. The van der Waals surface area contributed by atoms with Gasteiger partial charge < -0.3 is 0 Å². The molecule has 0 bridgehead atoms. The smallest absolute Gasteiger partial charge is 0.129 e. The molecular weight excluding hydrogens is 452 g/mol. The van der Waals surface area contributed by atoms with Crippen LogP contribution in [0.2, 0.25) is 39.3 Å². The summed E-state index contributed by atoms with van der Waals surface area (Å²) in [5, 5.41) is 17.1. The third kappa shape index (κ3) is 15.1. The van der Waals surface area contributed by atoms with Crippen molar-refractivity contribution >= 4 is 32.1 Å². The molecule has 0 unspecified atom stereocenters. The fourth-order valence-corrected chi connectivity index (χ4v) is 2.40. The van der Waals surface area contributed by atoms with Gasteiger partial charge in [0.2, 0.25) is 0 Å². The number of halogens is 1. The predicted molar refractivity (Wildman–Crippen MR) is 132 cm³/mol. The molecule has 2 aromatic rings. The molecule has 29 heavy (non-hydrogen) atoms. The van der Waals surface area contributed by atoms with Gasteiger partial charge in [-0.05, 0) is 36.4 Å². The van der Waals surface area contributed by atoms with Crippen molar-refractivity contribution in [3.8, 4) is 35.6 Å². The molecule has 0 radical (unpaired) electrons. The van der Waals surface area contributed by atoms with Crippen LogP contribution in [0.15, 0.2) is 53.0 Å². The molecule has 0 N–H and O–H groups in total. The summed E-state index contributed by atoms with van der Waals surface area (Å²) in [5.74, 6) is 3.12. The van der Waals surface area contributed by atoms with Gasteiger partial charge in [-0.15, -0.1) is 17.5 Å². The lowest BCUT2D eigenvalue weighted by molar-refractivity contribution is 1.48. The zero-order valence-corrected chi connectivity index (χ0v) is 21.6. The number of nitrogens with zero attached hydrogens (tertiary/aromatic N) is 2. The van der Waals surface area contributed by atoms with Crippen molar-refractivity contribution in [1.29, 1.82) is 10.5 Å². The fraction of sp³-hybridized carbons (Fsp3) is 0.250. The highest BCUT2D eigenvalue weighted by Gasteiger charge is 2.07. The lowest BCUT2D eigenvalue weighted by atomic mass is 10.1. The molecule has 148 valence electrons. The summed E-state index contributed by atoms with van der Waals surface area (Å²) in [6, 6.07) is 18.8. The minimum absolute atomic E-state index is 0.673. The summed E-state index contributed by atoms with van der Waals surface area (Å²) in [4.78, 5) is 0. The summed E-state index contributed by atoms with van der Waals surface area (Å²) in [6.45, 7) is 13.0. The van der Waals surface area contributed by atoms with Gasteiger partial charge in [-0.1, -0.05) is 73.3 Å². The van der Waals surface area contributed by atoms with Crippen molar-refractivity contribution in [2.75, 3.05) is 0 Å². The summed E-state index contributed by atoms with van der Waals surface area (Å²) in [6.07, 6.45) is 5.12. The Labute approximate surface area is 186 Å². The van der Waals surface area contributed by atoms with Crippen molar-refractivity contribution in [3.05, 3.63) is 69.7 Å². The van der Waals surface area contributed by atoms with Crippen LogP contribution in [0.1, 0.15) is 16.7 Å². The second-order valence-electron chi connectivity index (χ2n) is 8.21. The average molecular weight is 480 g/mol.